The lowest BCUT2D eigenvalue weighted by molar-refractivity contribution is -0.137. The monoisotopic (exact) mass is 464 g/mol. The summed E-state index contributed by atoms with van der Waals surface area (Å²) in [4.78, 5) is 23.1. The maximum Gasteiger partial charge on any atom is 0.416 e. The average molecular weight is 464 g/mol. The number of carbonyl (C=O) groups excluding carboxylic acids is 1. The van der Waals surface area contributed by atoms with Crippen molar-refractivity contribution in [3.05, 3.63) is 76.7 Å². The van der Waals surface area contributed by atoms with Crippen LogP contribution in [0.3, 0.4) is 0 Å². The number of rotatable bonds is 8. The minimum Gasteiger partial charge on any atom is -0.464 e. The van der Waals surface area contributed by atoms with Crippen LogP contribution in [0.2, 0.25) is 0 Å². The minimum absolute atomic E-state index is 0.0218. The predicted octanol–water partition coefficient (Wildman–Crippen LogP) is 5.14. The van der Waals surface area contributed by atoms with Crippen LogP contribution < -0.4 is 5.48 Å². The summed E-state index contributed by atoms with van der Waals surface area (Å²) >= 11 is 1.31. The molecule has 0 aliphatic heterocycles. The molecule has 0 fully saturated rings. The zero-order chi connectivity index (χ0) is 23.3. The SMILES string of the molecule is C=C(NOCc1c(C(=NOC)C(=O)OC)sc2ccccc12)c1cccc(C(F)(F)F)c1. The Balaban J connectivity index is 1.84. The molecule has 2 aromatic carbocycles. The third kappa shape index (κ3) is 5.09. The molecule has 6 nitrogen and oxygen atoms in total. The van der Waals surface area contributed by atoms with Gasteiger partial charge >= 0.3 is 12.1 Å². The molecule has 0 amide bonds. The first kappa shape index (κ1) is 23.3. The standard InChI is InChI=1S/C22H19F3N2O4S/c1-13(14-7-6-8-15(11-14)22(23,24)25)26-31-12-17-16-9-4-5-10-18(16)32-20(17)19(27-30-3)21(28)29-2/h4-11,26H,1,12H2,2-3H3. The van der Waals surface area contributed by atoms with Gasteiger partial charge in [-0.05, 0) is 29.1 Å². The molecule has 1 N–H and O–H groups in total. The molecule has 0 saturated heterocycles. The Kier molecular flexibility index (Phi) is 7.16. The normalized spacial score (nSPS) is 12.0. The third-order valence-corrected chi connectivity index (χ3v) is 5.64. The number of carbonyl (C=O) groups is 1. The summed E-state index contributed by atoms with van der Waals surface area (Å²) in [5, 5.41) is 4.62. The van der Waals surface area contributed by atoms with Crippen molar-refractivity contribution in [3.63, 3.8) is 0 Å². The second-order valence-corrected chi connectivity index (χ2v) is 7.52. The smallest absolute Gasteiger partial charge is 0.416 e. The van der Waals surface area contributed by atoms with Gasteiger partial charge in [-0.15, -0.1) is 11.3 Å². The van der Waals surface area contributed by atoms with Crippen molar-refractivity contribution in [2.24, 2.45) is 5.16 Å². The van der Waals surface area contributed by atoms with Gasteiger partial charge in [0.15, 0.2) is 0 Å². The zero-order valence-corrected chi connectivity index (χ0v) is 18.0. The minimum atomic E-state index is -4.47. The highest BCUT2D eigenvalue weighted by atomic mass is 32.1. The molecule has 168 valence electrons. The molecule has 0 saturated carbocycles. The topological polar surface area (TPSA) is 69.1 Å². The van der Waals surface area contributed by atoms with Gasteiger partial charge in [-0.3, -0.25) is 10.3 Å². The fourth-order valence-electron chi connectivity index (χ4n) is 2.93. The van der Waals surface area contributed by atoms with Crippen LogP contribution in [0.1, 0.15) is 21.6 Å². The summed E-state index contributed by atoms with van der Waals surface area (Å²) in [7, 11) is 2.55. The molecule has 32 heavy (non-hydrogen) atoms. The fraction of sp³-hybridized carbons (Fsp3) is 0.182. The van der Waals surface area contributed by atoms with E-state index in [0.29, 0.717) is 10.4 Å². The number of alkyl halides is 3. The van der Waals surface area contributed by atoms with Crippen LogP contribution in [0.25, 0.3) is 15.8 Å². The van der Waals surface area contributed by atoms with Crippen molar-refractivity contribution >= 4 is 38.8 Å². The van der Waals surface area contributed by atoms with E-state index in [-0.39, 0.29) is 23.6 Å². The maximum atomic E-state index is 13.0. The Morgan fingerprint density at radius 2 is 1.91 bits per heavy atom. The number of thiophene rings is 1. The summed E-state index contributed by atoms with van der Waals surface area (Å²) in [6, 6.07) is 12.2. The molecule has 0 spiro atoms. The first-order valence-electron chi connectivity index (χ1n) is 9.20. The third-order valence-electron chi connectivity index (χ3n) is 4.42. The number of hydrogen-bond acceptors (Lipinski definition) is 7. The number of nitrogens with one attached hydrogen (secondary N) is 1. The Morgan fingerprint density at radius 1 is 1.16 bits per heavy atom. The van der Waals surface area contributed by atoms with E-state index in [1.165, 1.54) is 37.7 Å². The van der Waals surface area contributed by atoms with E-state index in [0.717, 1.165) is 22.2 Å². The van der Waals surface area contributed by atoms with E-state index >= 15 is 0 Å². The highest BCUT2D eigenvalue weighted by molar-refractivity contribution is 7.21. The number of hydroxylamine groups is 1. The van der Waals surface area contributed by atoms with Crippen LogP contribution >= 0.6 is 11.3 Å². The van der Waals surface area contributed by atoms with E-state index in [9.17, 15) is 18.0 Å². The lowest BCUT2D eigenvalue weighted by Gasteiger charge is -2.13. The van der Waals surface area contributed by atoms with Crippen molar-refractivity contribution in [2.45, 2.75) is 12.8 Å². The van der Waals surface area contributed by atoms with Crippen LogP contribution in [0.5, 0.6) is 0 Å². The van der Waals surface area contributed by atoms with Gasteiger partial charge in [0.05, 0.1) is 23.2 Å². The number of ether oxygens (including phenoxy) is 1. The van der Waals surface area contributed by atoms with Gasteiger partial charge in [-0.1, -0.05) is 42.1 Å². The van der Waals surface area contributed by atoms with Gasteiger partial charge in [0.1, 0.15) is 13.7 Å². The molecule has 0 aliphatic carbocycles. The van der Waals surface area contributed by atoms with Crippen molar-refractivity contribution in [1.29, 1.82) is 0 Å². The van der Waals surface area contributed by atoms with Crippen LogP contribution in [0.4, 0.5) is 13.2 Å². The molecule has 3 aromatic rings. The average Bonchev–Trinajstić information content (AvgIpc) is 3.14. The summed E-state index contributed by atoms with van der Waals surface area (Å²) in [5.74, 6) is -0.680. The zero-order valence-electron chi connectivity index (χ0n) is 17.2. The van der Waals surface area contributed by atoms with Crippen LogP contribution in [0, 0.1) is 0 Å². The summed E-state index contributed by atoms with van der Waals surface area (Å²) in [5.41, 5.74) is 2.78. The largest absolute Gasteiger partial charge is 0.464 e. The van der Waals surface area contributed by atoms with E-state index in [1.54, 1.807) is 0 Å². The van der Waals surface area contributed by atoms with Gasteiger partial charge < -0.3 is 9.57 Å². The predicted molar refractivity (Wildman–Crippen MR) is 116 cm³/mol. The molecule has 0 bridgehead atoms. The van der Waals surface area contributed by atoms with E-state index in [4.69, 9.17) is 14.4 Å². The highest BCUT2D eigenvalue weighted by Crippen LogP contribution is 2.33. The molecule has 0 radical (unpaired) electrons. The Bertz CT molecular complexity index is 1170. The molecular weight excluding hydrogens is 445 g/mol. The first-order valence-corrected chi connectivity index (χ1v) is 10.0. The van der Waals surface area contributed by atoms with Crippen LogP contribution in [-0.4, -0.2) is 25.9 Å². The molecule has 10 heteroatoms. The van der Waals surface area contributed by atoms with Crippen molar-refractivity contribution in [2.75, 3.05) is 14.2 Å². The van der Waals surface area contributed by atoms with Crippen LogP contribution in [0.15, 0.2) is 60.3 Å². The first-order chi connectivity index (χ1) is 15.3. The number of methoxy groups -OCH3 is 1. The number of halogens is 3. The molecule has 0 unspecified atom stereocenters. The second kappa shape index (κ2) is 9.84. The van der Waals surface area contributed by atoms with Gasteiger partial charge in [-0.2, -0.15) is 13.2 Å². The van der Waals surface area contributed by atoms with Gasteiger partial charge in [0.25, 0.3) is 0 Å². The van der Waals surface area contributed by atoms with E-state index < -0.39 is 17.7 Å². The summed E-state index contributed by atoms with van der Waals surface area (Å²) in [6.07, 6.45) is -4.47. The molecule has 0 atom stereocenters. The van der Waals surface area contributed by atoms with E-state index in [1.807, 2.05) is 24.3 Å². The number of oxime groups is 1. The summed E-state index contributed by atoms with van der Waals surface area (Å²) < 4.78 is 44.6. The number of hydrogen-bond donors (Lipinski definition) is 1. The fourth-order valence-corrected chi connectivity index (χ4v) is 4.11. The van der Waals surface area contributed by atoms with Crippen molar-refractivity contribution < 1.29 is 32.4 Å². The van der Waals surface area contributed by atoms with Gasteiger partial charge in [0, 0.05) is 10.3 Å². The molecule has 1 aromatic heterocycles. The number of esters is 1. The Labute approximate surface area is 185 Å². The second-order valence-electron chi connectivity index (χ2n) is 6.47. The maximum absolute atomic E-state index is 13.0. The molecule has 1 heterocycles. The Morgan fingerprint density at radius 3 is 2.59 bits per heavy atom. The lowest BCUT2D eigenvalue weighted by Crippen LogP contribution is -2.19. The van der Waals surface area contributed by atoms with Crippen molar-refractivity contribution in [3.8, 4) is 0 Å². The quantitative estimate of drug-likeness (QED) is 0.284. The molecule has 0 aliphatic rings. The molecular formula is C22H19F3N2O4S. The highest BCUT2D eigenvalue weighted by Gasteiger charge is 2.30. The summed E-state index contributed by atoms with van der Waals surface area (Å²) in [6.45, 7) is 3.71. The van der Waals surface area contributed by atoms with Gasteiger partial charge in [0.2, 0.25) is 5.71 Å². The van der Waals surface area contributed by atoms with Crippen molar-refractivity contribution in [1.82, 2.24) is 5.48 Å². The van der Waals surface area contributed by atoms with E-state index in [2.05, 4.69) is 17.2 Å². The number of benzene rings is 2. The Hall–Kier alpha value is -3.37. The number of fused-ring (bicyclic) bond motifs is 1. The molecule has 3 rings (SSSR count). The van der Waals surface area contributed by atoms with Gasteiger partial charge in [-0.25, -0.2) is 4.79 Å². The number of nitrogens with zero attached hydrogens (tertiary/aromatic N) is 1. The van der Waals surface area contributed by atoms with Crippen LogP contribution in [-0.2, 0) is 32.0 Å². The lowest BCUT2D eigenvalue weighted by atomic mass is 10.1.